The SMILES string of the molecule is N#CC1(C#N)[C@H]2C=C[C@@H]([C@H]3CC[C@H]32)C1(C#N)C#N. The first-order chi connectivity index (χ1) is 8.70. The molecule has 0 heterocycles. The molecule has 2 fully saturated rings. The van der Waals surface area contributed by atoms with Crippen molar-refractivity contribution in [1.82, 2.24) is 0 Å². The molecule has 0 N–H and O–H groups in total. The summed E-state index contributed by atoms with van der Waals surface area (Å²) in [6.07, 6.45) is 5.77. The lowest BCUT2D eigenvalue weighted by molar-refractivity contribution is -0.0745. The van der Waals surface area contributed by atoms with Crippen LogP contribution in [0.5, 0.6) is 0 Å². The first kappa shape index (κ1) is 10.8. The van der Waals surface area contributed by atoms with Gasteiger partial charge >= 0.3 is 0 Å². The van der Waals surface area contributed by atoms with Crippen molar-refractivity contribution in [3.05, 3.63) is 12.2 Å². The summed E-state index contributed by atoms with van der Waals surface area (Å²) in [6.45, 7) is 0. The van der Waals surface area contributed by atoms with Gasteiger partial charge in [0.15, 0.2) is 10.8 Å². The van der Waals surface area contributed by atoms with Gasteiger partial charge in [0.05, 0.1) is 24.3 Å². The summed E-state index contributed by atoms with van der Waals surface area (Å²) in [7, 11) is 0. The Morgan fingerprint density at radius 1 is 0.722 bits per heavy atom. The van der Waals surface area contributed by atoms with Crippen LogP contribution in [0.2, 0.25) is 0 Å². The molecule has 0 aliphatic heterocycles. The Bertz CT molecular complexity index is 522. The minimum Gasteiger partial charge on any atom is -0.196 e. The van der Waals surface area contributed by atoms with Gasteiger partial charge in [-0.15, -0.1) is 0 Å². The molecule has 0 aromatic rings. The van der Waals surface area contributed by atoms with Gasteiger partial charge in [0.2, 0.25) is 0 Å². The molecule has 0 aromatic heterocycles. The van der Waals surface area contributed by atoms with Gasteiger partial charge in [-0.3, -0.25) is 0 Å². The zero-order valence-corrected chi connectivity index (χ0v) is 9.67. The van der Waals surface area contributed by atoms with Gasteiger partial charge in [0.1, 0.15) is 0 Å². The van der Waals surface area contributed by atoms with E-state index in [1.807, 2.05) is 36.4 Å². The summed E-state index contributed by atoms with van der Waals surface area (Å²) in [4.78, 5) is 0. The van der Waals surface area contributed by atoms with Crippen molar-refractivity contribution in [3.63, 3.8) is 0 Å². The predicted molar refractivity (Wildman–Crippen MR) is 59.7 cm³/mol. The Balaban J connectivity index is 2.30. The summed E-state index contributed by atoms with van der Waals surface area (Å²) >= 11 is 0. The average Bonchev–Trinajstić information content (AvgIpc) is 2.37. The van der Waals surface area contributed by atoms with E-state index in [1.165, 1.54) is 0 Å². The summed E-state index contributed by atoms with van der Waals surface area (Å²) in [5, 5.41) is 37.9. The third kappa shape index (κ3) is 0.796. The number of rotatable bonds is 0. The lowest BCUT2D eigenvalue weighted by atomic mass is 9.37. The van der Waals surface area contributed by atoms with E-state index in [2.05, 4.69) is 0 Å². The van der Waals surface area contributed by atoms with E-state index in [4.69, 9.17) is 0 Å². The van der Waals surface area contributed by atoms with Gasteiger partial charge in [-0.25, -0.2) is 0 Å². The van der Waals surface area contributed by atoms with Crippen molar-refractivity contribution in [1.29, 1.82) is 21.0 Å². The van der Waals surface area contributed by atoms with E-state index in [1.54, 1.807) is 0 Å². The Morgan fingerprint density at radius 3 is 1.28 bits per heavy atom. The van der Waals surface area contributed by atoms with Gasteiger partial charge < -0.3 is 0 Å². The van der Waals surface area contributed by atoms with Crippen molar-refractivity contribution < 1.29 is 0 Å². The zero-order chi connectivity index (χ0) is 13.0. The molecule has 4 rings (SSSR count). The van der Waals surface area contributed by atoms with Gasteiger partial charge in [-0.1, -0.05) is 12.2 Å². The highest BCUT2D eigenvalue weighted by Gasteiger charge is 2.72. The van der Waals surface area contributed by atoms with Crippen LogP contribution in [0.3, 0.4) is 0 Å². The molecule has 86 valence electrons. The average molecular weight is 234 g/mol. The summed E-state index contributed by atoms with van der Waals surface area (Å²) < 4.78 is 0. The van der Waals surface area contributed by atoms with Crippen LogP contribution in [0, 0.1) is 79.8 Å². The van der Waals surface area contributed by atoms with Crippen molar-refractivity contribution in [3.8, 4) is 24.3 Å². The molecule has 0 aromatic carbocycles. The standard InChI is InChI=1S/C14H10N4/c15-5-13(6-16)11-3-4-12(10-2-1-9(10)11)14(13,7-17)8-18/h3-4,9-12H,1-2H2/t9-,10+,11-,12-/m0/s1. The van der Waals surface area contributed by atoms with Crippen LogP contribution < -0.4 is 0 Å². The molecule has 0 unspecified atom stereocenters. The second kappa shape index (κ2) is 3.13. The van der Waals surface area contributed by atoms with Crippen LogP contribution in [0.4, 0.5) is 0 Å². The second-order valence-electron chi connectivity index (χ2n) is 5.40. The monoisotopic (exact) mass is 234 g/mol. The van der Waals surface area contributed by atoms with E-state index < -0.39 is 10.8 Å². The first-order valence-electron chi connectivity index (χ1n) is 6.04. The second-order valence-corrected chi connectivity index (χ2v) is 5.40. The fourth-order valence-electron chi connectivity index (χ4n) is 4.13. The molecule has 2 saturated carbocycles. The zero-order valence-electron chi connectivity index (χ0n) is 9.67. The number of fused-ring (bicyclic) bond motifs is 1. The molecule has 4 atom stereocenters. The van der Waals surface area contributed by atoms with Crippen LogP contribution in [0.1, 0.15) is 12.8 Å². The molecule has 18 heavy (non-hydrogen) atoms. The molecule has 4 nitrogen and oxygen atoms in total. The van der Waals surface area contributed by atoms with E-state index in [0.717, 1.165) is 12.8 Å². The van der Waals surface area contributed by atoms with E-state index in [9.17, 15) is 21.0 Å². The highest BCUT2D eigenvalue weighted by Crippen LogP contribution is 2.68. The fraction of sp³-hybridized carbons (Fsp3) is 0.571. The van der Waals surface area contributed by atoms with Gasteiger partial charge in [0.25, 0.3) is 0 Å². The number of nitrogens with zero attached hydrogens (tertiary/aromatic N) is 4. The maximum Gasteiger partial charge on any atom is 0.182 e. The summed E-state index contributed by atoms with van der Waals surface area (Å²) in [6, 6.07) is 8.08. The molecular formula is C14H10N4. The summed E-state index contributed by atoms with van der Waals surface area (Å²) in [5.41, 5.74) is -3.00. The van der Waals surface area contributed by atoms with Crippen LogP contribution in [0.15, 0.2) is 12.2 Å². The molecule has 4 aliphatic carbocycles. The minimum atomic E-state index is -1.50. The first-order valence-corrected chi connectivity index (χ1v) is 6.04. The van der Waals surface area contributed by atoms with Gasteiger partial charge in [-0.2, -0.15) is 21.0 Å². The molecule has 2 bridgehead atoms. The lowest BCUT2D eigenvalue weighted by Gasteiger charge is -2.60. The van der Waals surface area contributed by atoms with Crippen LogP contribution in [-0.4, -0.2) is 0 Å². The maximum atomic E-state index is 9.48. The van der Waals surface area contributed by atoms with Crippen LogP contribution in [-0.2, 0) is 0 Å². The van der Waals surface area contributed by atoms with Gasteiger partial charge in [-0.05, 0) is 24.7 Å². The number of nitriles is 4. The molecule has 4 aliphatic rings. The maximum absolute atomic E-state index is 9.48. The topological polar surface area (TPSA) is 95.2 Å². The van der Waals surface area contributed by atoms with Gasteiger partial charge in [0, 0.05) is 11.8 Å². The van der Waals surface area contributed by atoms with E-state index in [0.29, 0.717) is 11.8 Å². The van der Waals surface area contributed by atoms with Crippen molar-refractivity contribution in [2.24, 2.45) is 34.5 Å². The van der Waals surface area contributed by atoms with Crippen molar-refractivity contribution >= 4 is 0 Å². The third-order valence-electron chi connectivity index (χ3n) is 5.16. The molecule has 0 amide bonds. The Morgan fingerprint density at radius 2 is 1.06 bits per heavy atom. The highest BCUT2D eigenvalue weighted by molar-refractivity contribution is 5.46. The lowest BCUT2D eigenvalue weighted by Crippen LogP contribution is -2.63. The number of hydrogen-bond acceptors (Lipinski definition) is 4. The summed E-state index contributed by atoms with van der Waals surface area (Å²) in [5.74, 6) is 0.0642. The van der Waals surface area contributed by atoms with Crippen molar-refractivity contribution in [2.75, 3.05) is 0 Å². The van der Waals surface area contributed by atoms with E-state index >= 15 is 0 Å². The molecule has 0 saturated heterocycles. The molecule has 4 heteroatoms. The normalized spacial score (nSPS) is 40.2. The Hall–Kier alpha value is -2.30. The predicted octanol–water partition coefficient (Wildman–Crippen LogP) is 1.90. The Labute approximate surface area is 105 Å². The molecule has 0 spiro atoms. The quantitative estimate of drug-likeness (QED) is 0.598. The molecule has 0 radical (unpaired) electrons. The minimum absolute atomic E-state index is 0.268. The largest absolute Gasteiger partial charge is 0.196 e. The molecular weight excluding hydrogens is 224 g/mol. The number of hydrogen-bond donors (Lipinski definition) is 0. The third-order valence-corrected chi connectivity index (χ3v) is 5.16. The van der Waals surface area contributed by atoms with E-state index in [-0.39, 0.29) is 11.8 Å². The van der Waals surface area contributed by atoms with Crippen LogP contribution in [0.25, 0.3) is 0 Å². The number of allylic oxidation sites excluding steroid dienone is 2. The van der Waals surface area contributed by atoms with Crippen LogP contribution >= 0.6 is 0 Å². The highest BCUT2D eigenvalue weighted by atomic mass is 14.7. The smallest absolute Gasteiger partial charge is 0.182 e. The fourth-order valence-corrected chi connectivity index (χ4v) is 4.13. The Kier molecular flexibility index (Phi) is 1.88. The van der Waals surface area contributed by atoms with Crippen molar-refractivity contribution in [2.45, 2.75) is 12.8 Å².